The van der Waals surface area contributed by atoms with Crippen LogP contribution in [0.1, 0.15) is 0 Å². The molecular weight excluding hydrogens is 143 g/mol. The fourth-order valence-electron chi connectivity index (χ4n) is 0. The molecule has 0 aromatic carbocycles. The molecule has 0 amide bonds. The third-order valence-electron chi connectivity index (χ3n) is 0. The Hall–Kier alpha value is 0.606. The molecule has 4 heavy (non-hydrogen) atoms. The summed E-state index contributed by atoms with van der Waals surface area (Å²) in [5, 5.41) is 0. The van der Waals surface area contributed by atoms with Crippen LogP contribution < -0.4 is 0 Å². The normalized spacial score (nSPS) is 2.25. The first-order valence-electron chi connectivity index (χ1n) is 0.381. The molecule has 0 bridgehead atoms. The van der Waals surface area contributed by atoms with Crippen molar-refractivity contribution in [1.82, 2.24) is 0 Å². The van der Waals surface area contributed by atoms with Gasteiger partial charge in [0.15, 0.2) is 0 Å². The van der Waals surface area contributed by atoms with Gasteiger partial charge >= 0.3 is 25.2 Å². The fraction of sp³-hybridized carbons (Fsp3) is 0. The zero-order chi connectivity index (χ0) is 2.71. The second-order valence-corrected chi connectivity index (χ2v) is 0.298. The van der Waals surface area contributed by atoms with E-state index in [1.807, 2.05) is 0 Å². The van der Waals surface area contributed by atoms with Gasteiger partial charge in [-0.15, -0.1) is 0 Å². The number of carbonyl (C=O) groups excluding carboxylic acids is 1. The van der Waals surface area contributed by atoms with Crippen LogP contribution in [-0.2, 0) is 37.1 Å². The molecule has 0 aromatic heterocycles. The molecule has 0 fully saturated rings. The van der Waals surface area contributed by atoms with E-state index in [1.54, 1.807) is 0 Å². The molecule has 27 valence electrons. The third-order valence-corrected chi connectivity index (χ3v) is 0. The van der Waals surface area contributed by atoms with Crippen molar-refractivity contribution in [3.8, 4) is 0 Å². The summed E-state index contributed by atoms with van der Waals surface area (Å²) in [5.74, 6) is 0. The van der Waals surface area contributed by atoms with Crippen molar-refractivity contribution >= 4 is 4.79 Å². The minimum atomic E-state index is 0. The Morgan fingerprint density at radius 3 is 1.75 bits per heavy atom. The van der Waals surface area contributed by atoms with Crippen LogP contribution in [-0.4, -0.2) is 4.79 Å². The molecule has 0 heterocycles. The Morgan fingerprint density at radius 2 is 1.75 bits per heavy atom. The zero-order valence-corrected chi connectivity index (χ0v) is 3.74. The van der Waals surface area contributed by atoms with E-state index in [1.165, 1.54) is 4.79 Å². The van der Waals surface area contributed by atoms with Gasteiger partial charge in [-0.05, 0) is 0 Å². The maximum Gasteiger partial charge on any atom is 0 e. The van der Waals surface area contributed by atoms with E-state index in [-0.39, 0.29) is 16.8 Å². The minimum absolute atomic E-state index is 0. The van der Waals surface area contributed by atoms with E-state index in [0.717, 1.165) is 0 Å². The maximum absolute atomic E-state index is 8.57. The minimum Gasteiger partial charge on any atom is 0 e. The van der Waals surface area contributed by atoms with Crippen molar-refractivity contribution in [2.24, 2.45) is 0 Å². The predicted molar refractivity (Wildman–Crippen MR) is 5.69 cm³/mol. The van der Waals surface area contributed by atoms with Crippen LogP contribution in [0, 0.1) is 0 Å². The molecule has 0 saturated carbocycles. The Morgan fingerprint density at radius 1 is 1.75 bits per heavy atom. The molecule has 0 aliphatic heterocycles. The van der Waals surface area contributed by atoms with Gasteiger partial charge in [-0.1, -0.05) is 0 Å². The summed E-state index contributed by atoms with van der Waals surface area (Å²) in [6.07, 6.45) is 0. The van der Waals surface area contributed by atoms with Gasteiger partial charge in [0.2, 0.25) is 0 Å². The monoisotopic (exact) mass is 143 g/mol. The Kier molecular flexibility index (Phi) is 20.9. The fourth-order valence-corrected chi connectivity index (χ4v) is 0. The van der Waals surface area contributed by atoms with Gasteiger partial charge in [-0.2, -0.15) is 0 Å². The summed E-state index contributed by atoms with van der Waals surface area (Å²) in [6.45, 7) is 0. The first-order valence-corrected chi connectivity index (χ1v) is 0.933. The van der Waals surface area contributed by atoms with Crippen LogP contribution in [0.5, 0.6) is 0 Å². The molecule has 0 unspecified atom stereocenters. The summed E-state index contributed by atoms with van der Waals surface area (Å²) < 4.78 is 0. The predicted octanol–water partition coefficient (Wildman–Crippen LogP) is -0.402. The average molecular weight is 143 g/mol. The van der Waals surface area contributed by atoms with Crippen molar-refractivity contribution in [2.75, 3.05) is 0 Å². The number of hydrogen-bond donors (Lipinski definition) is 0. The molecule has 0 aliphatic rings. The Bertz CT molecular complexity index is 29.0. The molecule has 0 atom stereocenters. The van der Waals surface area contributed by atoms with Crippen LogP contribution in [0.25, 0.3) is 0 Å². The second-order valence-electron chi connectivity index (χ2n) is 0.0722. The smallest absolute Gasteiger partial charge is 0 e. The van der Waals surface area contributed by atoms with E-state index in [9.17, 15) is 0 Å². The van der Waals surface area contributed by atoms with Gasteiger partial charge in [0, 0.05) is 16.8 Å². The Labute approximate surface area is 42.3 Å². The molecular formula is CCoFeO. The molecule has 0 N–H and O–H groups in total. The van der Waals surface area contributed by atoms with Crippen LogP contribution in [0.15, 0.2) is 0 Å². The number of hydrogen-bond acceptors (Lipinski definition) is 1. The van der Waals surface area contributed by atoms with Crippen molar-refractivity contribution in [2.45, 2.75) is 0 Å². The molecule has 0 aliphatic carbocycles. The topological polar surface area (TPSA) is 17.1 Å². The van der Waals surface area contributed by atoms with E-state index in [4.69, 9.17) is 4.79 Å². The van der Waals surface area contributed by atoms with Gasteiger partial charge in [0.1, 0.15) is 0 Å². The molecule has 0 aromatic rings. The van der Waals surface area contributed by atoms with Crippen molar-refractivity contribution in [1.29, 1.82) is 0 Å². The van der Waals surface area contributed by atoms with Crippen LogP contribution in [0.2, 0.25) is 0 Å². The summed E-state index contributed by atoms with van der Waals surface area (Å²) in [4.78, 5) is 9.82. The molecule has 0 rings (SSSR count). The van der Waals surface area contributed by atoms with Gasteiger partial charge in [-0.3, -0.25) is 0 Å². The van der Waals surface area contributed by atoms with E-state index >= 15 is 0 Å². The zero-order valence-electron chi connectivity index (χ0n) is 1.60. The summed E-state index contributed by atoms with van der Waals surface area (Å²) in [7, 11) is 0. The van der Waals surface area contributed by atoms with Gasteiger partial charge < -0.3 is 0 Å². The summed E-state index contributed by atoms with van der Waals surface area (Å²) in [5.41, 5.74) is 0. The standard InChI is InChI=1S/CO.Co.Fe/c1-2;;. The van der Waals surface area contributed by atoms with Crippen LogP contribution in [0.4, 0.5) is 0 Å². The molecule has 1 radical (unpaired) electrons. The van der Waals surface area contributed by atoms with E-state index < -0.39 is 0 Å². The van der Waals surface area contributed by atoms with Crippen molar-refractivity contribution in [3.05, 3.63) is 0 Å². The number of rotatable bonds is 0. The van der Waals surface area contributed by atoms with Crippen molar-refractivity contribution in [3.63, 3.8) is 0 Å². The van der Waals surface area contributed by atoms with E-state index in [2.05, 4.69) is 15.6 Å². The molecule has 0 saturated heterocycles. The first kappa shape index (κ1) is 8.82. The third kappa shape index (κ3) is 18.3. The van der Waals surface area contributed by atoms with Crippen LogP contribution in [0.3, 0.4) is 0 Å². The quantitative estimate of drug-likeness (QED) is 0.421. The summed E-state index contributed by atoms with van der Waals surface area (Å²) >= 11 is 2.68. The average Bonchev–Trinajstić information content (AvgIpc) is 0.918. The van der Waals surface area contributed by atoms with Crippen molar-refractivity contribution < 1.29 is 37.1 Å². The van der Waals surface area contributed by atoms with Gasteiger partial charge in [0.05, 0.1) is 0 Å². The molecule has 1 nitrogen and oxygen atoms in total. The summed E-state index contributed by atoms with van der Waals surface area (Å²) in [6, 6.07) is 0. The van der Waals surface area contributed by atoms with Gasteiger partial charge in [-0.25, -0.2) is 0 Å². The SMILES string of the molecule is O=[C]=[Fe].[Co]. The molecule has 0 spiro atoms. The Balaban J connectivity index is 0. The van der Waals surface area contributed by atoms with Gasteiger partial charge in [0.25, 0.3) is 0 Å². The van der Waals surface area contributed by atoms with E-state index in [0.29, 0.717) is 0 Å². The molecule has 3 heteroatoms. The second kappa shape index (κ2) is 9.49. The maximum atomic E-state index is 8.57. The first-order chi connectivity index (χ1) is 1.41. The van der Waals surface area contributed by atoms with Crippen LogP contribution >= 0.6 is 0 Å². The largest absolute Gasteiger partial charge is 0 e.